The molecule has 2 aromatic carbocycles. The molecule has 0 amide bonds. The fraction of sp³-hybridized carbons (Fsp3) is 0.111. The van der Waals surface area contributed by atoms with Gasteiger partial charge in [-0.25, -0.2) is 9.59 Å². The number of benzene rings is 2. The molecule has 0 spiro atoms. The van der Waals surface area contributed by atoms with Crippen LogP contribution in [0.5, 0.6) is 0 Å². The van der Waals surface area contributed by atoms with Gasteiger partial charge in [0.2, 0.25) is 5.82 Å². The first-order valence-electron chi connectivity index (χ1n) is 7.51. The maximum atomic E-state index is 12.0. The summed E-state index contributed by atoms with van der Waals surface area (Å²) >= 11 is 5.84. The van der Waals surface area contributed by atoms with E-state index in [4.69, 9.17) is 20.9 Å². The molecule has 0 fully saturated rings. The molecule has 7 nitrogen and oxygen atoms in total. The lowest BCUT2D eigenvalue weighted by Gasteiger charge is -2.03. The monoisotopic (exact) mass is 372 g/mol. The van der Waals surface area contributed by atoms with Crippen molar-refractivity contribution in [3.63, 3.8) is 0 Å². The van der Waals surface area contributed by atoms with Gasteiger partial charge in [-0.2, -0.15) is 4.98 Å². The van der Waals surface area contributed by atoms with Gasteiger partial charge in [0.1, 0.15) is 0 Å². The molecule has 0 aliphatic carbocycles. The van der Waals surface area contributed by atoms with Crippen molar-refractivity contribution in [2.75, 3.05) is 7.11 Å². The Labute approximate surface area is 153 Å². The Balaban J connectivity index is 1.61. The van der Waals surface area contributed by atoms with Crippen molar-refractivity contribution in [2.45, 2.75) is 6.61 Å². The van der Waals surface area contributed by atoms with Crippen LogP contribution in [0.25, 0.3) is 11.4 Å². The minimum Gasteiger partial charge on any atom is -0.465 e. The fourth-order valence-electron chi connectivity index (χ4n) is 2.10. The van der Waals surface area contributed by atoms with E-state index in [9.17, 15) is 9.59 Å². The number of rotatable bonds is 5. The van der Waals surface area contributed by atoms with Crippen LogP contribution in [0.1, 0.15) is 26.6 Å². The van der Waals surface area contributed by atoms with Gasteiger partial charge in [0.15, 0.2) is 6.61 Å². The van der Waals surface area contributed by atoms with E-state index in [1.807, 2.05) is 0 Å². The van der Waals surface area contributed by atoms with Gasteiger partial charge in [0.25, 0.3) is 5.89 Å². The molecule has 1 aromatic heterocycles. The third-order valence-electron chi connectivity index (χ3n) is 3.44. The summed E-state index contributed by atoms with van der Waals surface area (Å²) in [6, 6.07) is 12.8. The Hall–Kier alpha value is -3.19. The molecule has 0 aliphatic heterocycles. The van der Waals surface area contributed by atoms with Crippen LogP contribution in [0.3, 0.4) is 0 Å². The van der Waals surface area contributed by atoms with Gasteiger partial charge < -0.3 is 14.0 Å². The second-order valence-electron chi connectivity index (χ2n) is 5.16. The predicted octanol–water partition coefficient (Wildman–Crippen LogP) is 3.53. The van der Waals surface area contributed by atoms with Gasteiger partial charge in [-0.1, -0.05) is 16.8 Å². The van der Waals surface area contributed by atoms with Crippen molar-refractivity contribution in [2.24, 2.45) is 0 Å². The topological polar surface area (TPSA) is 91.5 Å². The maximum Gasteiger partial charge on any atom is 0.338 e. The van der Waals surface area contributed by atoms with Crippen LogP contribution >= 0.6 is 11.6 Å². The molecular weight excluding hydrogens is 360 g/mol. The van der Waals surface area contributed by atoms with Crippen LogP contribution in [0.4, 0.5) is 0 Å². The van der Waals surface area contributed by atoms with Gasteiger partial charge >= 0.3 is 11.9 Å². The first-order valence-corrected chi connectivity index (χ1v) is 7.88. The number of hydrogen-bond acceptors (Lipinski definition) is 7. The molecule has 0 N–H and O–H groups in total. The van der Waals surface area contributed by atoms with Gasteiger partial charge in [-0.15, -0.1) is 0 Å². The van der Waals surface area contributed by atoms with Crippen LogP contribution in [0, 0.1) is 0 Å². The molecule has 0 bridgehead atoms. The number of esters is 2. The lowest BCUT2D eigenvalue weighted by atomic mass is 10.1. The number of carbonyl (C=O) groups excluding carboxylic acids is 2. The molecule has 3 aromatic rings. The second kappa shape index (κ2) is 7.79. The van der Waals surface area contributed by atoms with Crippen LogP contribution in [-0.2, 0) is 16.1 Å². The summed E-state index contributed by atoms with van der Waals surface area (Å²) < 4.78 is 14.8. The Morgan fingerprint density at radius 3 is 2.23 bits per heavy atom. The summed E-state index contributed by atoms with van der Waals surface area (Å²) in [4.78, 5) is 27.6. The highest BCUT2D eigenvalue weighted by Gasteiger charge is 2.13. The SMILES string of the molecule is COC(=O)c1ccc(C(=O)OCc2nc(-c3ccc(Cl)cc3)no2)cc1. The molecule has 0 unspecified atom stereocenters. The molecule has 0 saturated heterocycles. The smallest absolute Gasteiger partial charge is 0.338 e. The van der Waals surface area contributed by atoms with E-state index >= 15 is 0 Å². The molecule has 0 atom stereocenters. The quantitative estimate of drug-likeness (QED) is 0.632. The zero-order valence-electron chi connectivity index (χ0n) is 13.6. The predicted molar refractivity (Wildman–Crippen MR) is 91.6 cm³/mol. The van der Waals surface area contributed by atoms with E-state index in [-0.39, 0.29) is 18.1 Å². The van der Waals surface area contributed by atoms with E-state index in [0.29, 0.717) is 16.4 Å². The van der Waals surface area contributed by atoms with Crippen LogP contribution in [-0.4, -0.2) is 29.2 Å². The Kier molecular flexibility index (Phi) is 5.28. The number of hydrogen-bond donors (Lipinski definition) is 0. The van der Waals surface area contributed by atoms with Crippen molar-refractivity contribution >= 4 is 23.5 Å². The third-order valence-corrected chi connectivity index (χ3v) is 3.69. The normalized spacial score (nSPS) is 10.4. The van der Waals surface area contributed by atoms with Gasteiger partial charge in [-0.05, 0) is 48.5 Å². The van der Waals surface area contributed by atoms with Crippen LogP contribution in [0.15, 0.2) is 53.1 Å². The van der Waals surface area contributed by atoms with Gasteiger partial charge in [0.05, 0.1) is 18.2 Å². The van der Waals surface area contributed by atoms with Crippen molar-refractivity contribution in [3.8, 4) is 11.4 Å². The summed E-state index contributed by atoms with van der Waals surface area (Å²) in [6.45, 7) is -0.168. The standard InChI is InChI=1S/C18H13ClN2O5/c1-24-17(22)12-2-4-13(5-3-12)18(23)25-10-15-20-16(21-26-15)11-6-8-14(19)9-7-11/h2-9H,10H2,1H3. The highest BCUT2D eigenvalue weighted by Crippen LogP contribution is 2.19. The summed E-state index contributed by atoms with van der Waals surface area (Å²) in [6.07, 6.45) is 0. The van der Waals surface area contributed by atoms with E-state index in [1.54, 1.807) is 24.3 Å². The molecule has 3 rings (SSSR count). The highest BCUT2D eigenvalue weighted by atomic mass is 35.5. The summed E-state index contributed by atoms with van der Waals surface area (Å²) in [5, 5.41) is 4.44. The minimum atomic E-state index is -0.576. The molecule has 8 heteroatoms. The van der Waals surface area contributed by atoms with Crippen LogP contribution < -0.4 is 0 Å². The van der Waals surface area contributed by atoms with Crippen molar-refractivity contribution < 1.29 is 23.6 Å². The van der Waals surface area contributed by atoms with Crippen LogP contribution in [0.2, 0.25) is 5.02 Å². The molecule has 0 aliphatic rings. The Morgan fingerprint density at radius 2 is 1.62 bits per heavy atom. The van der Waals surface area contributed by atoms with Gasteiger partial charge in [0, 0.05) is 10.6 Å². The lowest BCUT2D eigenvalue weighted by molar-refractivity contribution is 0.0429. The summed E-state index contributed by atoms with van der Waals surface area (Å²) in [5.74, 6) is -0.525. The largest absolute Gasteiger partial charge is 0.465 e. The first kappa shape index (κ1) is 17.6. The highest BCUT2D eigenvalue weighted by molar-refractivity contribution is 6.30. The number of ether oxygens (including phenoxy) is 2. The number of methoxy groups -OCH3 is 1. The molecule has 0 radical (unpaired) electrons. The molecule has 26 heavy (non-hydrogen) atoms. The van der Waals surface area contributed by atoms with Crippen molar-refractivity contribution in [1.82, 2.24) is 10.1 Å². The maximum absolute atomic E-state index is 12.0. The number of halogens is 1. The second-order valence-corrected chi connectivity index (χ2v) is 5.60. The van der Waals surface area contributed by atoms with E-state index in [2.05, 4.69) is 14.9 Å². The van der Waals surface area contributed by atoms with E-state index < -0.39 is 11.9 Å². The van der Waals surface area contributed by atoms with Crippen molar-refractivity contribution in [3.05, 3.63) is 70.6 Å². The summed E-state index contributed by atoms with van der Waals surface area (Å²) in [5.41, 5.74) is 1.36. The number of nitrogens with zero attached hydrogens (tertiary/aromatic N) is 2. The summed E-state index contributed by atoms with van der Waals surface area (Å²) in [7, 11) is 1.28. The first-order chi connectivity index (χ1) is 12.6. The zero-order chi connectivity index (χ0) is 18.5. The molecule has 0 saturated carbocycles. The van der Waals surface area contributed by atoms with E-state index in [1.165, 1.54) is 31.4 Å². The van der Waals surface area contributed by atoms with E-state index in [0.717, 1.165) is 5.56 Å². The molecular formula is C18H13ClN2O5. The lowest BCUT2D eigenvalue weighted by Crippen LogP contribution is -2.07. The molecule has 132 valence electrons. The fourth-order valence-corrected chi connectivity index (χ4v) is 2.23. The average Bonchev–Trinajstić information content (AvgIpc) is 3.15. The minimum absolute atomic E-state index is 0.162. The average molecular weight is 373 g/mol. The number of aromatic nitrogens is 2. The van der Waals surface area contributed by atoms with Crippen molar-refractivity contribution in [1.29, 1.82) is 0 Å². The molecule has 1 heterocycles. The van der Waals surface area contributed by atoms with Gasteiger partial charge in [-0.3, -0.25) is 0 Å². The third kappa shape index (κ3) is 4.07. The Morgan fingerprint density at radius 1 is 1.00 bits per heavy atom. The Bertz CT molecular complexity index is 920. The zero-order valence-corrected chi connectivity index (χ0v) is 14.4. The number of carbonyl (C=O) groups is 2.